The van der Waals surface area contributed by atoms with E-state index in [-0.39, 0.29) is 11.0 Å². The molecule has 0 spiro atoms. The average Bonchev–Trinajstić information content (AvgIpc) is 2.32. The van der Waals surface area contributed by atoms with Crippen LogP contribution in [0.25, 0.3) is 0 Å². The van der Waals surface area contributed by atoms with E-state index < -0.39 is 23.2 Å². The van der Waals surface area contributed by atoms with Gasteiger partial charge in [-0.15, -0.1) is 0 Å². The molecule has 0 aliphatic heterocycles. The summed E-state index contributed by atoms with van der Waals surface area (Å²) in [5.41, 5.74) is 4.42. The molecule has 1 aromatic rings. The van der Waals surface area contributed by atoms with Gasteiger partial charge in [0.2, 0.25) is 0 Å². The first-order valence-corrected chi connectivity index (χ1v) is 6.18. The maximum atomic E-state index is 13.3. The van der Waals surface area contributed by atoms with Gasteiger partial charge in [-0.25, -0.2) is 8.78 Å². The summed E-state index contributed by atoms with van der Waals surface area (Å²) in [6.45, 7) is 8.56. The number of hydrogen-bond acceptors (Lipinski definition) is 2. The summed E-state index contributed by atoms with van der Waals surface area (Å²) in [6.07, 6.45) is 0. The summed E-state index contributed by atoms with van der Waals surface area (Å²) < 4.78 is 26.5. The van der Waals surface area contributed by atoms with Crippen LogP contribution in [0.5, 0.6) is 0 Å². The van der Waals surface area contributed by atoms with Crippen molar-refractivity contribution in [2.75, 3.05) is 12.3 Å². The lowest BCUT2D eigenvalue weighted by molar-refractivity contribution is 0.0924. The molecule has 0 aromatic heterocycles. The number of nitrogens with one attached hydrogen (secondary N) is 1. The topological polar surface area (TPSA) is 55.1 Å². The minimum absolute atomic E-state index is 0.0660. The molecule has 3 N–H and O–H groups in total. The minimum atomic E-state index is -0.923. The monoisotopic (exact) mass is 270 g/mol. The van der Waals surface area contributed by atoms with Crippen molar-refractivity contribution >= 4 is 11.6 Å². The molecule has 0 saturated heterocycles. The summed E-state index contributed by atoms with van der Waals surface area (Å²) in [5, 5.41) is 2.68. The first-order chi connectivity index (χ1) is 8.65. The predicted octanol–water partition coefficient (Wildman–Crippen LogP) is 2.96. The number of hydrogen-bond donors (Lipinski definition) is 2. The van der Waals surface area contributed by atoms with E-state index in [0.717, 1.165) is 12.1 Å². The highest BCUT2D eigenvalue weighted by Crippen LogP contribution is 2.25. The van der Waals surface area contributed by atoms with Crippen molar-refractivity contribution in [2.45, 2.75) is 27.7 Å². The van der Waals surface area contributed by atoms with Gasteiger partial charge >= 0.3 is 0 Å². The van der Waals surface area contributed by atoms with Crippen molar-refractivity contribution in [3.05, 3.63) is 29.3 Å². The second kappa shape index (κ2) is 5.55. The Morgan fingerprint density at radius 1 is 1.32 bits per heavy atom. The molecule has 1 aromatic carbocycles. The van der Waals surface area contributed by atoms with E-state index in [2.05, 4.69) is 19.2 Å². The van der Waals surface area contributed by atoms with E-state index in [0.29, 0.717) is 12.5 Å². The van der Waals surface area contributed by atoms with Gasteiger partial charge in [-0.1, -0.05) is 27.7 Å². The first-order valence-electron chi connectivity index (χ1n) is 6.18. The second-order valence-corrected chi connectivity index (χ2v) is 5.68. The molecule has 1 amide bonds. The second-order valence-electron chi connectivity index (χ2n) is 5.68. The van der Waals surface area contributed by atoms with E-state index in [9.17, 15) is 13.6 Å². The minimum Gasteiger partial charge on any atom is -0.394 e. The van der Waals surface area contributed by atoms with Gasteiger partial charge in [0.1, 0.15) is 17.3 Å². The Labute approximate surface area is 112 Å². The van der Waals surface area contributed by atoms with Crippen LogP contribution in [0.4, 0.5) is 14.5 Å². The summed E-state index contributed by atoms with van der Waals surface area (Å²) in [5.74, 6) is -1.99. The standard InChI is InChI=1S/C14H20F2N2O/c1-8(2)14(3,4)7-18-13(19)9-5-10(15)12(17)11(16)6-9/h5-6,8H,7,17H2,1-4H3,(H,18,19). The van der Waals surface area contributed by atoms with Gasteiger partial charge in [0.15, 0.2) is 0 Å². The number of amides is 1. The Bertz CT molecular complexity index is 461. The molecular weight excluding hydrogens is 250 g/mol. The molecule has 0 aliphatic rings. The van der Waals surface area contributed by atoms with Crippen LogP contribution in [-0.4, -0.2) is 12.5 Å². The van der Waals surface area contributed by atoms with Crippen LogP contribution < -0.4 is 11.1 Å². The normalized spacial score (nSPS) is 11.7. The average molecular weight is 270 g/mol. The lowest BCUT2D eigenvalue weighted by atomic mass is 9.81. The zero-order valence-electron chi connectivity index (χ0n) is 11.7. The molecule has 1 rings (SSSR count). The summed E-state index contributed by atoms with van der Waals surface area (Å²) >= 11 is 0. The fourth-order valence-electron chi connectivity index (χ4n) is 1.33. The number of nitrogens with two attached hydrogens (primary N) is 1. The van der Waals surface area contributed by atoms with Crippen LogP contribution >= 0.6 is 0 Å². The molecule has 106 valence electrons. The highest BCUT2D eigenvalue weighted by Gasteiger charge is 2.23. The quantitative estimate of drug-likeness (QED) is 0.826. The van der Waals surface area contributed by atoms with E-state index in [1.807, 2.05) is 13.8 Å². The van der Waals surface area contributed by atoms with Crippen molar-refractivity contribution in [1.82, 2.24) is 5.32 Å². The maximum absolute atomic E-state index is 13.3. The van der Waals surface area contributed by atoms with E-state index >= 15 is 0 Å². The van der Waals surface area contributed by atoms with E-state index in [4.69, 9.17) is 5.73 Å². The van der Waals surface area contributed by atoms with Crippen molar-refractivity contribution < 1.29 is 13.6 Å². The molecule has 0 radical (unpaired) electrons. The molecule has 3 nitrogen and oxygen atoms in total. The van der Waals surface area contributed by atoms with Crippen LogP contribution in [-0.2, 0) is 0 Å². The molecule has 0 bridgehead atoms. The fourth-order valence-corrected chi connectivity index (χ4v) is 1.33. The third kappa shape index (κ3) is 3.66. The molecule has 0 aliphatic carbocycles. The first kappa shape index (κ1) is 15.4. The van der Waals surface area contributed by atoms with Gasteiger partial charge in [0.25, 0.3) is 5.91 Å². The third-order valence-corrected chi connectivity index (χ3v) is 3.61. The van der Waals surface area contributed by atoms with Gasteiger partial charge in [-0.3, -0.25) is 4.79 Å². The Balaban J connectivity index is 2.80. The van der Waals surface area contributed by atoms with Crippen molar-refractivity contribution in [3.8, 4) is 0 Å². The summed E-state index contributed by atoms with van der Waals surface area (Å²) in [7, 11) is 0. The molecule has 0 unspecified atom stereocenters. The third-order valence-electron chi connectivity index (χ3n) is 3.61. The van der Waals surface area contributed by atoms with Gasteiger partial charge in [-0.2, -0.15) is 0 Å². The number of halogens is 2. The predicted molar refractivity (Wildman–Crippen MR) is 71.7 cm³/mol. The molecule has 0 atom stereocenters. The van der Waals surface area contributed by atoms with Crippen LogP contribution in [0.2, 0.25) is 0 Å². The molecule has 0 saturated carbocycles. The summed E-state index contributed by atoms with van der Waals surface area (Å²) in [6, 6.07) is 1.88. The largest absolute Gasteiger partial charge is 0.394 e. The number of rotatable bonds is 4. The zero-order chi connectivity index (χ0) is 14.8. The van der Waals surface area contributed by atoms with Crippen LogP contribution in [0.15, 0.2) is 12.1 Å². The zero-order valence-corrected chi connectivity index (χ0v) is 11.7. The smallest absolute Gasteiger partial charge is 0.251 e. The van der Waals surface area contributed by atoms with Crippen LogP contribution in [0.1, 0.15) is 38.1 Å². The number of carbonyl (C=O) groups excluding carboxylic acids is 1. The Morgan fingerprint density at radius 2 is 1.79 bits per heavy atom. The highest BCUT2D eigenvalue weighted by atomic mass is 19.1. The van der Waals surface area contributed by atoms with Crippen LogP contribution in [0.3, 0.4) is 0 Å². The molecular formula is C14H20F2N2O. The Hall–Kier alpha value is -1.65. The van der Waals surface area contributed by atoms with Crippen molar-refractivity contribution in [2.24, 2.45) is 11.3 Å². The molecule has 5 heteroatoms. The maximum Gasteiger partial charge on any atom is 0.251 e. The number of carbonyl (C=O) groups is 1. The highest BCUT2D eigenvalue weighted by molar-refractivity contribution is 5.94. The van der Waals surface area contributed by atoms with Gasteiger partial charge < -0.3 is 11.1 Å². The SMILES string of the molecule is CC(C)C(C)(C)CNC(=O)c1cc(F)c(N)c(F)c1. The lowest BCUT2D eigenvalue weighted by Crippen LogP contribution is -2.37. The van der Waals surface area contributed by atoms with E-state index in [1.54, 1.807) is 0 Å². The number of benzene rings is 1. The van der Waals surface area contributed by atoms with E-state index in [1.165, 1.54) is 0 Å². The van der Waals surface area contributed by atoms with Gasteiger partial charge in [0.05, 0.1) is 0 Å². The Kier molecular flexibility index (Phi) is 4.50. The Morgan fingerprint density at radius 3 is 2.21 bits per heavy atom. The molecule has 0 fully saturated rings. The summed E-state index contributed by atoms with van der Waals surface area (Å²) in [4.78, 5) is 11.8. The molecule has 0 heterocycles. The van der Waals surface area contributed by atoms with Crippen molar-refractivity contribution in [3.63, 3.8) is 0 Å². The number of nitrogen functional groups attached to an aromatic ring is 1. The van der Waals surface area contributed by atoms with Crippen molar-refractivity contribution in [1.29, 1.82) is 0 Å². The van der Waals surface area contributed by atoms with Crippen LogP contribution in [0, 0.1) is 23.0 Å². The van der Waals surface area contributed by atoms with Gasteiger partial charge in [-0.05, 0) is 23.5 Å². The lowest BCUT2D eigenvalue weighted by Gasteiger charge is -2.29. The molecule has 19 heavy (non-hydrogen) atoms. The fraction of sp³-hybridized carbons (Fsp3) is 0.500. The van der Waals surface area contributed by atoms with Gasteiger partial charge in [0, 0.05) is 12.1 Å². The number of anilines is 1.